The average molecular weight is 266 g/mol. The average Bonchev–Trinajstić information content (AvgIpc) is 2.17. The minimum Gasteiger partial charge on any atom is -0.361 e. The van der Waals surface area contributed by atoms with Gasteiger partial charge in [0, 0.05) is 0 Å². The molecule has 0 heterocycles. The molecule has 1 rings (SSSR count). The zero-order valence-corrected chi connectivity index (χ0v) is 9.99. The minimum absolute atomic E-state index is 0.0196. The number of para-hydroxylation sites is 1. The van der Waals surface area contributed by atoms with E-state index < -0.39 is 26.3 Å². The van der Waals surface area contributed by atoms with Crippen LogP contribution in [0.2, 0.25) is 0 Å². The fourth-order valence-corrected chi connectivity index (χ4v) is 2.64. The third-order valence-corrected chi connectivity index (χ3v) is 4.08. The van der Waals surface area contributed by atoms with Crippen LogP contribution in [0.1, 0.15) is 6.92 Å². The first-order valence-electron chi connectivity index (χ1n) is 4.28. The van der Waals surface area contributed by atoms with E-state index in [0.717, 1.165) is 0 Å². The highest BCUT2D eigenvalue weighted by molar-refractivity contribution is 7.97. The van der Waals surface area contributed by atoms with Crippen LogP contribution in [0.3, 0.4) is 0 Å². The highest BCUT2D eigenvalue weighted by Gasteiger charge is 2.23. The smallest absolute Gasteiger partial charge is 0.361 e. The summed E-state index contributed by atoms with van der Waals surface area (Å²) < 4.78 is 52.5. The van der Waals surface area contributed by atoms with E-state index in [1.54, 1.807) is 18.2 Å². The molecule has 0 unspecified atom stereocenters. The van der Waals surface area contributed by atoms with Crippen molar-refractivity contribution in [3.8, 4) is 5.75 Å². The topological polar surface area (TPSA) is 86.7 Å². The molecule has 0 saturated carbocycles. The van der Waals surface area contributed by atoms with Crippen molar-refractivity contribution in [1.29, 1.82) is 0 Å². The number of rotatable bonds is 5. The number of benzene rings is 1. The summed E-state index contributed by atoms with van der Waals surface area (Å²) >= 11 is 0. The Hall–Kier alpha value is -1.12. The zero-order chi connectivity index (χ0) is 12.2. The van der Waals surface area contributed by atoms with Crippen molar-refractivity contribution in [3.63, 3.8) is 0 Å². The Labute approximate surface area is 94.3 Å². The summed E-state index contributed by atoms with van der Waals surface area (Å²) in [6.07, 6.45) is 0. The van der Waals surface area contributed by atoms with Crippen molar-refractivity contribution in [2.75, 3.05) is 5.75 Å². The molecule has 1 aromatic rings. The molecule has 8 heteroatoms. The van der Waals surface area contributed by atoms with Gasteiger partial charge in [-0.25, -0.2) is 0 Å². The van der Waals surface area contributed by atoms with Crippen LogP contribution >= 0.6 is 0 Å². The molecule has 0 aliphatic rings. The molecular weight excluding hydrogens is 256 g/mol. The first kappa shape index (κ1) is 12.9. The molecule has 0 bridgehead atoms. The number of hydrogen-bond acceptors (Lipinski definition) is 6. The van der Waals surface area contributed by atoms with E-state index in [1.807, 2.05) is 0 Å². The molecule has 6 nitrogen and oxygen atoms in total. The summed E-state index contributed by atoms with van der Waals surface area (Å²) in [5.41, 5.74) is 0. The van der Waals surface area contributed by atoms with Crippen LogP contribution in [0.5, 0.6) is 5.75 Å². The predicted octanol–water partition coefficient (Wildman–Crippen LogP) is 0.676. The molecule has 0 N–H and O–H groups in total. The SMILES string of the molecule is CCS(=O)(=O)OS(=O)(=O)Oc1ccccc1. The first-order chi connectivity index (χ1) is 7.35. The monoisotopic (exact) mass is 266 g/mol. The first-order valence-corrected chi connectivity index (χ1v) is 7.19. The van der Waals surface area contributed by atoms with Gasteiger partial charge in [0.05, 0.1) is 5.75 Å². The quantitative estimate of drug-likeness (QED) is 0.778. The lowest BCUT2D eigenvalue weighted by Gasteiger charge is -2.05. The van der Waals surface area contributed by atoms with Crippen molar-refractivity contribution in [3.05, 3.63) is 30.3 Å². The van der Waals surface area contributed by atoms with Crippen molar-refractivity contribution in [2.45, 2.75) is 6.92 Å². The third kappa shape index (κ3) is 4.17. The summed E-state index contributed by atoms with van der Waals surface area (Å²) in [4.78, 5) is 0. The Morgan fingerprint density at radius 2 is 1.62 bits per heavy atom. The molecular formula is C8H10O6S2. The largest absolute Gasteiger partial charge is 0.464 e. The molecule has 0 fully saturated rings. The standard InChI is InChI=1S/C8H10O6S2/c1-2-15(9,10)14-16(11,12)13-8-6-4-3-5-7-8/h3-7H,2H2,1H3. The molecule has 0 spiro atoms. The van der Waals surface area contributed by atoms with Gasteiger partial charge in [-0.3, -0.25) is 0 Å². The molecule has 0 aliphatic heterocycles. The van der Waals surface area contributed by atoms with Gasteiger partial charge in [0.2, 0.25) is 0 Å². The second kappa shape index (κ2) is 4.81. The van der Waals surface area contributed by atoms with Crippen molar-refractivity contribution in [2.24, 2.45) is 0 Å². The van der Waals surface area contributed by atoms with Crippen LogP contribution in [-0.2, 0) is 24.1 Å². The lowest BCUT2D eigenvalue weighted by Crippen LogP contribution is -2.19. The van der Waals surface area contributed by atoms with Gasteiger partial charge in [0.25, 0.3) is 10.1 Å². The van der Waals surface area contributed by atoms with Crippen LogP contribution in [0.25, 0.3) is 0 Å². The van der Waals surface area contributed by atoms with E-state index >= 15 is 0 Å². The van der Waals surface area contributed by atoms with Gasteiger partial charge in [0.1, 0.15) is 5.75 Å². The van der Waals surface area contributed by atoms with Gasteiger partial charge < -0.3 is 4.18 Å². The molecule has 0 aromatic heterocycles. The van der Waals surface area contributed by atoms with Gasteiger partial charge in [-0.2, -0.15) is 16.8 Å². The van der Waals surface area contributed by atoms with E-state index in [1.165, 1.54) is 19.1 Å². The van der Waals surface area contributed by atoms with Crippen LogP contribution in [0, 0.1) is 0 Å². The summed E-state index contributed by atoms with van der Waals surface area (Å²) in [5, 5.41) is 0. The molecule has 16 heavy (non-hydrogen) atoms. The molecule has 0 aliphatic carbocycles. The summed E-state index contributed by atoms with van der Waals surface area (Å²) in [5.74, 6) is -0.474. The maximum absolute atomic E-state index is 11.2. The van der Waals surface area contributed by atoms with Gasteiger partial charge >= 0.3 is 10.4 Å². The molecule has 0 radical (unpaired) electrons. The van der Waals surface area contributed by atoms with Gasteiger partial charge in [-0.15, -0.1) is 3.63 Å². The Bertz CT molecular complexity index is 531. The van der Waals surface area contributed by atoms with Crippen LogP contribution in [-0.4, -0.2) is 22.6 Å². The zero-order valence-electron chi connectivity index (χ0n) is 8.36. The van der Waals surface area contributed by atoms with E-state index in [0.29, 0.717) is 0 Å². The van der Waals surface area contributed by atoms with Crippen LogP contribution in [0.15, 0.2) is 30.3 Å². The molecule has 0 atom stereocenters. The maximum Gasteiger partial charge on any atom is 0.464 e. The van der Waals surface area contributed by atoms with Crippen LogP contribution in [0.4, 0.5) is 0 Å². The van der Waals surface area contributed by atoms with Gasteiger partial charge in [-0.1, -0.05) is 18.2 Å². The fraction of sp³-hybridized carbons (Fsp3) is 0.250. The van der Waals surface area contributed by atoms with Crippen molar-refractivity contribution < 1.29 is 24.6 Å². The van der Waals surface area contributed by atoms with Crippen molar-refractivity contribution >= 4 is 20.5 Å². The van der Waals surface area contributed by atoms with Crippen LogP contribution < -0.4 is 4.18 Å². The molecule has 0 saturated heterocycles. The summed E-state index contributed by atoms with van der Waals surface area (Å²) in [6.45, 7) is 1.26. The Morgan fingerprint density at radius 3 is 2.12 bits per heavy atom. The van der Waals surface area contributed by atoms with E-state index in [9.17, 15) is 16.8 Å². The number of hydrogen-bond donors (Lipinski definition) is 0. The van der Waals surface area contributed by atoms with Gasteiger partial charge in [-0.05, 0) is 19.1 Å². The molecule has 1 aromatic carbocycles. The summed E-state index contributed by atoms with van der Waals surface area (Å²) in [7, 11) is -8.70. The minimum atomic E-state index is -4.59. The second-order valence-corrected chi connectivity index (χ2v) is 5.94. The lowest BCUT2D eigenvalue weighted by atomic mass is 10.3. The Balaban J connectivity index is 2.82. The third-order valence-electron chi connectivity index (χ3n) is 1.48. The Kier molecular flexibility index (Phi) is 3.89. The fourth-order valence-electron chi connectivity index (χ4n) is 0.783. The highest BCUT2D eigenvalue weighted by Crippen LogP contribution is 2.13. The van der Waals surface area contributed by atoms with Gasteiger partial charge in [0.15, 0.2) is 0 Å². The van der Waals surface area contributed by atoms with E-state index in [4.69, 9.17) is 0 Å². The van der Waals surface area contributed by atoms with Crippen molar-refractivity contribution in [1.82, 2.24) is 0 Å². The summed E-state index contributed by atoms with van der Waals surface area (Å²) in [6, 6.07) is 7.46. The normalized spacial score (nSPS) is 12.3. The maximum atomic E-state index is 11.2. The molecule has 90 valence electrons. The predicted molar refractivity (Wildman–Crippen MR) is 56.5 cm³/mol. The second-order valence-electron chi connectivity index (χ2n) is 2.72. The Morgan fingerprint density at radius 1 is 1.06 bits per heavy atom. The molecule has 0 amide bonds. The van der Waals surface area contributed by atoms with E-state index in [2.05, 4.69) is 7.81 Å². The lowest BCUT2D eigenvalue weighted by molar-refractivity contribution is 0.389. The highest BCUT2D eigenvalue weighted by atomic mass is 32.3. The van der Waals surface area contributed by atoms with E-state index in [-0.39, 0.29) is 5.75 Å².